The van der Waals surface area contributed by atoms with Crippen LogP contribution in [0, 0.1) is 13.8 Å². The zero-order valence-electron chi connectivity index (χ0n) is 16.2. The molecule has 2 aliphatic rings. The van der Waals surface area contributed by atoms with Gasteiger partial charge in [-0.2, -0.15) is 11.8 Å². The average molecular weight is 397 g/mol. The van der Waals surface area contributed by atoms with Crippen molar-refractivity contribution >= 4 is 28.7 Å². The highest BCUT2D eigenvalue weighted by molar-refractivity contribution is 7.99. The van der Waals surface area contributed by atoms with Crippen molar-refractivity contribution in [1.29, 1.82) is 0 Å². The van der Waals surface area contributed by atoms with Gasteiger partial charge in [0, 0.05) is 23.8 Å². The van der Waals surface area contributed by atoms with E-state index in [1.165, 1.54) is 12.2 Å². The second-order valence-electron chi connectivity index (χ2n) is 7.77. The number of hydrogen-bond acceptors (Lipinski definition) is 5. The first-order chi connectivity index (χ1) is 13.6. The van der Waals surface area contributed by atoms with Gasteiger partial charge in [-0.25, -0.2) is 4.98 Å². The average Bonchev–Trinajstić information content (AvgIpc) is 3.38. The zero-order chi connectivity index (χ0) is 19.3. The molecule has 2 aromatic heterocycles. The minimum absolute atomic E-state index is 0.00865. The molecular weight excluding hydrogens is 372 g/mol. The molecule has 1 aromatic carbocycles. The number of rotatable bonds is 3. The van der Waals surface area contributed by atoms with Gasteiger partial charge >= 0.3 is 0 Å². The van der Waals surface area contributed by atoms with Crippen molar-refractivity contribution in [3.05, 3.63) is 35.5 Å². The highest BCUT2D eigenvalue weighted by Gasteiger charge is 2.30. The van der Waals surface area contributed by atoms with Crippen molar-refractivity contribution in [2.45, 2.75) is 51.6 Å². The summed E-state index contributed by atoms with van der Waals surface area (Å²) in [5.41, 5.74) is 5.14. The number of nitrogens with one attached hydrogen (secondary N) is 1. The van der Waals surface area contributed by atoms with Crippen LogP contribution in [0.1, 0.15) is 55.0 Å². The van der Waals surface area contributed by atoms with Gasteiger partial charge in [-0.3, -0.25) is 4.79 Å². The monoisotopic (exact) mass is 396 g/mol. The van der Waals surface area contributed by atoms with Crippen molar-refractivity contribution in [1.82, 2.24) is 20.0 Å². The molecule has 0 spiro atoms. The van der Waals surface area contributed by atoms with Gasteiger partial charge in [0.25, 0.3) is 0 Å². The summed E-state index contributed by atoms with van der Waals surface area (Å²) in [4.78, 5) is 16.9. The number of carbonyl (C=O) groups is 1. The Bertz CT molecular complexity index is 1030. The molecule has 0 bridgehead atoms. The number of aryl methyl sites for hydroxylation is 2. The van der Waals surface area contributed by atoms with Gasteiger partial charge in [0.05, 0.1) is 22.8 Å². The molecule has 0 aliphatic carbocycles. The molecule has 1 unspecified atom stereocenters. The molecule has 6 nitrogen and oxygen atoms in total. The highest BCUT2D eigenvalue weighted by Crippen LogP contribution is 2.37. The van der Waals surface area contributed by atoms with Gasteiger partial charge in [0.15, 0.2) is 0 Å². The first-order valence-corrected chi connectivity index (χ1v) is 11.1. The summed E-state index contributed by atoms with van der Waals surface area (Å²) in [5, 5.41) is 7.21. The van der Waals surface area contributed by atoms with E-state index in [9.17, 15) is 4.79 Å². The maximum absolute atomic E-state index is 11.8. The van der Waals surface area contributed by atoms with E-state index in [1.807, 2.05) is 25.6 Å². The quantitative estimate of drug-likeness (QED) is 0.713. The van der Waals surface area contributed by atoms with E-state index in [4.69, 9.17) is 9.51 Å². The van der Waals surface area contributed by atoms with Crippen molar-refractivity contribution in [2.24, 2.45) is 0 Å². The maximum Gasteiger partial charge on any atom is 0.220 e. The van der Waals surface area contributed by atoms with Crippen LogP contribution in [-0.4, -0.2) is 32.1 Å². The first kappa shape index (κ1) is 17.8. The first-order valence-electron chi connectivity index (χ1n) is 9.94. The molecule has 3 aromatic rings. The lowest BCUT2D eigenvalue weighted by Crippen LogP contribution is -2.25. The van der Waals surface area contributed by atoms with Crippen LogP contribution in [0.4, 0.5) is 0 Å². The van der Waals surface area contributed by atoms with E-state index in [-0.39, 0.29) is 11.9 Å². The predicted octanol–water partition coefficient (Wildman–Crippen LogP) is 4.33. The molecule has 4 heterocycles. The summed E-state index contributed by atoms with van der Waals surface area (Å²) in [6, 6.07) is 6.88. The standard InChI is InChI=1S/C21H24N4O2S/c1-12-20(13(2)27-24-12)14-5-7-18-17(10-14)23-21(16-6-8-19(26)22-16)25(18)15-4-3-9-28-11-15/h5,7,10,15-16H,3-4,6,8-9,11H2,1-2H3,(H,22,26)/t15?,16-/m0/s1. The molecule has 0 radical (unpaired) electrons. The van der Waals surface area contributed by atoms with Gasteiger partial charge in [-0.05, 0) is 56.6 Å². The summed E-state index contributed by atoms with van der Waals surface area (Å²) in [7, 11) is 0. The molecule has 1 N–H and O–H groups in total. The Hall–Kier alpha value is -2.28. The minimum atomic E-state index is 0.00865. The number of imidazole rings is 1. The number of hydrogen-bond donors (Lipinski definition) is 1. The number of benzene rings is 1. The number of carbonyl (C=O) groups excluding carboxylic acids is 1. The lowest BCUT2D eigenvalue weighted by atomic mass is 10.0. The second-order valence-corrected chi connectivity index (χ2v) is 8.92. The Morgan fingerprint density at radius 2 is 2.18 bits per heavy atom. The van der Waals surface area contributed by atoms with Crippen LogP contribution in [0.5, 0.6) is 0 Å². The molecule has 146 valence electrons. The predicted molar refractivity (Wildman–Crippen MR) is 110 cm³/mol. The number of fused-ring (bicyclic) bond motifs is 1. The topological polar surface area (TPSA) is 72.9 Å². The fraction of sp³-hybridized carbons (Fsp3) is 0.476. The maximum atomic E-state index is 11.8. The Morgan fingerprint density at radius 1 is 1.29 bits per heavy atom. The number of amides is 1. The SMILES string of the molecule is Cc1noc(C)c1-c1ccc2c(c1)nc([C@@H]1CCC(=O)N1)n2C1CCCSC1. The summed E-state index contributed by atoms with van der Waals surface area (Å²) in [6.07, 6.45) is 3.79. The van der Waals surface area contributed by atoms with E-state index >= 15 is 0 Å². The van der Waals surface area contributed by atoms with Crippen molar-refractivity contribution in [3.8, 4) is 11.1 Å². The van der Waals surface area contributed by atoms with Crippen molar-refractivity contribution in [3.63, 3.8) is 0 Å². The molecule has 7 heteroatoms. The normalized spacial score (nSPS) is 22.7. The fourth-order valence-corrected chi connectivity index (χ4v) is 5.66. The molecule has 5 rings (SSSR count). The Labute approximate surface area is 168 Å². The Morgan fingerprint density at radius 3 is 2.86 bits per heavy atom. The Kier molecular flexibility index (Phi) is 4.42. The van der Waals surface area contributed by atoms with E-state index in [0.29, 0.717) is 12.5 Å². The van der Waals surface area contributed by atoms with E-state index in [1.54, 1.807) is 0 Å². The third-order valence-corrected chi connectivity index (χ3v) is 7.05. The van der Waals surface area contributed by atoms with E-state index in [2.05, 4.69) is 33.2 Å². The summed E-state index contributed by atoms with van der Waals surface area (Å²) in [5.74, 6) is 4.28. The fourth-order valence-electron chi connectivity index (χ4n) is 4.53. The molecule has 2 aliphatic heterocycles. The smallest absolute Gasteiger partial charge is 0.220 e. The van der Waals surface area contributed by atoms with Gasteiger partial charge in [0.1, 0.15) is 11.6 Å². The molecule has 2 fully saturated rings. The van der Waals surface area contributed by atoms with Crippen LogP contribution in [0.25, 0.3) is 22.2 Å². The minimum Gasteiger partial charge on any atom is -0.361 e. The number of aromatic nitrogens is 3. The van der Waals surface area contributed by atoms with E-state index in [0.717, 1.165) is 58.0 Å². The Balaban J connectivity index is 1.65. The second kappa shape index (κ2) is 6.95. The molecule has 28 heavy (non-hydrogen) atoms. The van der Waals surface area contributed by atoms with E-state index < -0.39 is 0 Å². The van der Waals surface area contributed by atoms with Gasteiger partial charge in [0.2, 0.25) is 5.91 Å². The van der Waals surface area contributed by atoms with Gasteiger partial charge in [-0.1, -0.05) is 11.2 Å². The third-order valence-electron chi connectivity index (χ3n) is 5.85. The van der Waals surface area contributed by atoms with Crippen LogP contribution in [-0.2, 0) is 4.79 Å². The number of thioether (sulfide) groups is 1. The van der Waals surface area contributed by atoms with Gasteiger partial charge in [-0.15, -0.1) is 0 Å². The lowest BCUT2D eigenvalue weighted by Gasteiger charge is -2.26. The molecular formula is C21H24N4O2S. The largest absolute Gasteiger partial charge is 0.361 e. The van der Waals surface area contributed by atoms with Crippen LogP contribution in [0.15, 0.2) is 22.7 Å². The van der Waals surface area contributed by atoms with Crippen LogP contribution in [0.2, 0.25) is 0 Å². The molecule has 2 atom stereocenters. The molecule has 1 amide bonds. The zero-order valence-corrected chi connectivity index (χ0v) is 17.0. The summed E-state index contributed by atoms with van der Waals surface area (Å²) in [6.45, 7) is 3.91. The highest BCUT2D eigenvalue weighted by atomic mass is 32.2. The molecule has 2 saturated heterocycles. The van der Waals surface area contributed by atoms with Gasteiger partial charge < -0.3 is 14.4 Å². The molecule has 0 saturated carbocycles. The third kappa shape index (κ3) is 2.92. The van der Waals surface area contributed by atoms with Crippen LogP contribution < -0.4 is 5.32 Å². The summed E-state index contributed by atoms with van der Waals surface area (Å²) < 4.78 is 7.75. The van der Waals surface area contributed by atoms with Crippen LogP contribution in [0.3, 0.4) is 0 Å². The van der Waals surface area contributed by atoms with Crippen molar-refractivity contribution < 1.29 is 9.32 Å². The summed E-state index contributed by atoms with van der Waals surface area (Å²) >= 11 is 2.01. The lowest BCUT2D eigenvalue weighted by molar-refractivity contribution is -0.119. The number of nitrogens with zero attached hydrogens (tertiary/aromatic N) is 3. The van der Waals surface area contributed by atoms with Crippen LogP contribution >= 0.6 is 11.8 Å². The van der Waals surface area contributed by atoms with Crippen molar-refractivity contribution in [2.75, 3.05) is 11.5 Å².